The predicted molar refractivity (Wildman–Crippen MR) is 127 cm³/mol. The van der Waals surface area contributed by atoms with E-state index in [2.05, 4.69) is 13.8 Å². The minimum absolute atomic E-state index is 0.155. The SMILES string of the molecule is CCCCCCCCCCCCC(N)(CO)CCCCCCCCCCCC. The van der Waals surface area contributed by atoms with Gasteiger partial charge in [-0.25, -0.2) is 0 Å². The van der Waals surface area contributed by atoms with Crippen molar-refractivity contribution < 1.29 is 5.11 Å². The van der Waals surface area contributed by atoms with Gasteiger partial charge in [0.2, 0.25) is 0 Å². The molecule has 2 heteroatoms. The molecule has 170 valence electrons. The van der Waals surface area contributed by atoms with E-state index in [0.717, 1.165) is 12.8 Å². The molecule has 0 spiro atoms. The first kappa shape index (κ1) is 27.9. The van der Waals surface area contributed by atoms with Crippen LogP contribution in [0.5, 0.6) is 0 Å². The second kappa shape index (κ2) is 21.6. The van der Waals surface area contributed by atoms with E-state index >= 15 is 0 Å². The molecule has 0 aliphatic heterocycles. The molecule has 28 heavy (non-hydrogen) atoms. The Balaban J connectivity index is 3.47. The van der Waals surface area contributed by atoms with Crippen LogP contribution in [0.15, 0.2) is 0 Å². The van der Waals surface area contributed by atoms with Gasteiger partial charge in [0.1, 0.15) is 0 Å². The van der Waals surface area contributed by atoms with Gasteiger partial charge in [-0.1, -0.05) is 142 Å². The molecule has 0 saturated heterocycles. The van der Waals surface area contributed by atoms with E-state index < -0.39 is 0 Å². The largest absolute Gasteiger partial charge is 0.394 e. The van der Waals surface area contributed by atoms with Gasteiger partial charge >= 0.3 is 0 Å². The molecule has 0 atom stereocenters. The first-order valence-corrected chi connectivity index (χ1v) is 13.1. The molecule has 0 heterocycles. The van der Waals surface area contributed by atoms with Crippen LogP contribution >= 0.6 is 0 Å². The quantitative estimate of drug-likeness (QED) is 0.170. The summed E-state index contributed by atoms with van der Waals surface area (Å²) in [5.74, 6) is 0. The lowest BCUT2D eigenvalue weighted by Gasteiger charge is -2.27. The number of nitrogens with two attached hydrogens (primary N) is 1. The van der Waals surface area contributed by atoms with Gasteiger partial charge in [-0.15, -0.1) is 0 Å². The fourth-order valence-electron chi connectivity index (χ4n) is 4.21. The third-order valence-electron chi connectivity index (χ3n) is 6.37. The lowest BCUT2D eigenvalue weighted by molar-refractivity contribution is 0.171. The zero-order valence-corrected chi connectivity index (χ0v) is 19.8. The summed E-state index contributed by atoms with van der Waals surface area (Å²) in [6.45, 7) is 4.71. The van der Waals surface area contributed by atoms with Crippen LogP contribution < -0.4 is 5.73 Å². The van der Waals surface area contributed by atoms with Crippen LogP contribution in [-0.4, -0.2) is 17.3 Å². The summed E-state index contributed by atoms with van der Waals surface area (Å²) >= 11 is 0. The van der Waals surface area contributed by atoms with Crippen LogP contribution in [0.1, 0.15) is 155 Å². The predicted octanol–water partition coefficient (Wildman–Crippen LogP) is 8.30. The van der Waals surface area contributed by atoms with Crippen molar-refractivity contribution in [2.24, 2.45) is 5.73 Å². The van der Waals surface area contributed by atoms with Crippen LogP contribution in [0.2, 0.25) is 0 Å². The first-order chi connectivity index (χ1) is 13.7. The fraction of sp³-hybridized carbons (Fsp3) is 1.00. The van der Waals surface area contributed by atoms with E-state index in [0.29, 0.717) is 0 Å². The van der Waals surface area contributed by atoms with Crippen molar-refractivity contribution in [2.45, 2.75) is 161 Å². The second-order valence-corrected chi connectivity index (χ2v) is 9.38. The van der Waals surface area contributed by atoms with E-state index in [4.69, 9.17) is 5.73 Å². The molecule has 0 rings (SSSR count). The molecule has 0 bridgehead atoms. The zero-order valence-electron chi connectivity index (χ0n) is 19.8. The van der Waals surface area contributed by atoms with Crippen molar-refractivity contribution in [1.29, 1.82) is 0 Å². The lowest BCUT2D eigenvalue weighted by atomic mass is 9.88. The van der Waals surface area contributed by atoms with Gasteiger partial charge in [-0.05, 0) is 12.8 Å². The van der Waals surface area contributed by atoms with Crippen LogP contribution in [0.4, 0.5) is 0 Å². The van der Waals surface area contributed by atoms with E-state index in [1.807, 2.05) is 0 Å². The zero-order chi connectivity index (χ0) is 20.8. The Kier molecular flexibility index (Phi) is 21.6. The Hall–Kier alpha value is -0.0800. The summed E-state index contributed by atoms with van der Waals surface area (Å²) < 4.78 is 0. The Bertz CT molecular complexity index is 268. The second-order valence-electron chi connectivity index (χ2n) is 9.38. The molecule has 0 aromatic rings. The van der Waals surface area contributed by atoms with Gasteiger partial charge in [-0.2, -0.15) is 0 Å². The lowest BCUT2D eigenvalue weighted by Crippen LogP contribution is -2.43. The summed E-state index contributed by atoms with van der Waals surface area (Å²) in [5, 5.41) is 9.75. The average Bonchev–Trinajstić information content (AvgIpc) is 2.71. The number of hydrogen-bond acceptors (Lipinski definition) is 2. The molecule has 0 unspecified atom stereocenters. The number of rotatable bonds is 23. The minimum Gasteiger partial charge on any atom is -0.394 e. The highest BCUT2D eigenvalue weighted by atomic mass is 16.3. The Morgan fingerprint density at radius 1 is 0.464 bits per heavy atom. The normalized spacial score (nSPS) is 12.0. The Morgan fingerprint density at radius 2 is 0.714 bits per heavy atom. The minimum atomic E-state index is -0.319. The molecule has 2 nitrogen and oxygen atoms in total. The molecule has 0 radical (unpaired) electrons. The standard InChI is InChI=1S/C26H55NO/c1-3-5-7-9-11-13-15-17-19-21-23-26(27,25-28)24-22-20-18-16-14-12-10-8-6-4-2/h28H,3-25,27H2,1-2H3. The molecule has 0 amide bonds. The molecule has 0 fully saturated rings. The highest BCUT2D eigenvalue weighted by Gasteiger charge is 2.22. The summed E-state index contributed by atoms with van der Waals surface area (Å²) in [6, 6.07) is 0. The molecule has 0 saturated carbocycles. The van der Waals surface area contributed by atoms with Crippen molar-refractivity contribution in [1.82, 2.24) is 0 Å². The van der Waals surface area contributed by atoms with Crippen LogP contribution in [0, 0.1) is 0 Å². The molecule has 0 aromatic heterocycles. The van der Waals surface area contributed by atoms with Crippen LogP contribution in [-0.2, 0) is 0 Å². The molecular weight excluding hydrogens is 342 g/mol. The first-order valence-electron chi connectivity index (χ1n) is 13.1. The van der Waals surface area contributed by atoms with E-state index in [9.17, 15) is 5.11 Å². The van der Waals surface area contributed by atoms with Crippen molar-refractivity contribution in [3.63, 3.8) is 0 Å². The van der Waals surface area contributed by atoms with Gasteiger partial charge in [0.15, 0.2) is 0 Å². The maximum absolute atomic E-state index is 9.75. The van der Waals surface area contributed by atoms with Crippen molar-refractivity contribution in [3.8, 4) is 0 Å². The van der Waals surface area contributed by atoms with Crippen molar-refractivity contribution in [3.05, 3.63) is 0 Å². The van der Waals surface area contributed by atoms with E-state index in [-0.39, 0.29) is 12.1 Å². The van der Waals surface area contributed by atoms with Gasteiger partial charge in [0.25, 0.3) is 0 Å². The fourth-order valence-corrected chi connectivity index (χ4v) is 4.21. The van der Waals surface area contributed by atoms with Crippen LogP contribution in [0.3, 0.4) is 0 Å². The van der Waals surface area contributed by atoms with Crippen LogP contribution in [0.25, 0.3) is 0 Å². The van der Waals surface area contributed by atoms with Crippen molar-refractivity contribution >= 4 is 0 Å². The summed E-state index contributed by atoms with van der Waals surface area (Å²) in [4.78, 5) is 0. The Labute approximate surface area is 178 Å². The van der Waals surface area contributed by atoms with Gasteiger partial charge in [0.05, 0.1) is 6.61 Å². The maximum Gasteiger partial charge on any atom is 0.0611 e. The highest BCUT2D eigenvalue weighted by molar-refractivity contribution is 4.83. The molecule has 0 aromatic carbocycles. The van der Waals surface area contributed by atoms with Gasteiger partial charge in [-0.3, -0.25) is 0 Å². The third kappa shape index (κ3) is 19.2. The monoisotopic (exact) mass is 397 g/mol. The average molecular weight is 398 g/mol. The summed E-state index contributed by atoms with van der Waals surface area (Å²) in [5.41, 5.74) is 6.15. The molecule has 3 N–H and O–H groups in total. The number of aliphatic hydroxyl groups excluding tert-OH is 1. The van der Waals surface area contributed by atoms with E-state index in [1.54, 1.807) is 0 Å². The number of hydrogen-bond donors (Lipinski definition) is 2. The highest BCUT2D eigenvalue weighted by Crippen LogP contribution is 2.21. The van der Waals surface area contributed by atoms with E-state index in [1.165, 1.54) is 128 Å². The Morgan fingerprint density at radius 3 is 0.964 bits per heavy atom. The molecule has 0 aliphatic rings. The number of unbranched alkanes of at least 4 members (excludes halogenated alkanes) is 18. The third-order valence-corrected chi connectivity index (χ3v) is 6.37. The summed E-state index contributed by atoms with van der Waals surface area (Å²) in [6.07, 6.45) is 29.1. The molecular formula is C26H55NO. The molecule has 0 aliphatic carbocycles. The van der Waals surface area contributed by atoms with Gasteiger partial charge in [0, 0.05) is 5.54 Å². The van der Waals surface area contributed by atoms with Crippen molar-refractivity contribution in [2.75, 3.05) is 6.61 Å². The van der Waals surface area contributed by atoms with Gasteiger partial charge < -0.3 is 10.8 Å². The topological polar surface area (TPSA) is 46.2 Å². The summed E-state index contributed by atoms with van der Waals surface area (Å²) in [7, 11) is 0. The number of aliphatic hydroxyl groups is 1. The smallest absolute Gasteiger partial charge is 0.0611 e. The maximum atomic E-state index is 9.75.